The third-order valence-corrected chi connectivity index (χ3v) is 32.0. The largest absolute Gasteiger partial charge is 0.357 e. The second kappa shape index (κ2) is 42.4. The van der Waals surface area contributed by atoms with Crippen LogP contribution in [0.3, 0.4) is 0 Å². The van der Waals surface area contributed by atoms with E-state index in [4.69, 9.17) is 0 Å². The fourth-order valence-corrected chi connectivity index (χ4v) is 23.4. The van der Waals surface area contributed by atoms with E-state index in [0.717, 1.165) is 105 Å². The van der Waals surface area contributed by atoms with E-state index in [9.17, 15) is 61.5 Å². The highest BCUT2D eigenvalue weighted by molar-refractivity contribution is 9.11. The SMILES string of the molecule is CCC(F)(F)CN1C(C)Cc2c([nH]c3c(F)cccc23)C1c1ccc(Br)cc1.CCC(F)(F)CN1C(C)Cc2c([nH]c3cccc(F)c23)C1c1c(F)cc(Br)cc1F.CCC(F)(F)CN1C(c2c(F)cc(Br)cc2F)c2[nH]c3ccccc3c2CC1(C)C.CCC(F)(F)CN1C(c2ccc(Br)cc2)c2[nH]c3ccccc3c2CC1(C)C.CCC(F)(F)CN1C(c2ccc(Br)cc2F)c2[nH]c3ccccc3c2CC1(C)C. The van der Waals surface area contributed by atoms with Gasteiger partial charge in [-0.15, -0.1) is 0 Å². The molecule has 0 spiro atoms. The van der Waals surface area contributed by atoms with Crippen LogP contribution in [0.25, 0.3) is 54.5 Å². The van der Waals surface area contributed by atoms with Crippen LogP contribution in [0.1, 0.15) is 236 Å². The van der Waals surface area contributed by atoms with Gasteiger partial charge < -0.3 is 24.9 Å². The van der Waals surface area contributed by atoms with Gasteiger partial charge in [0.25, 0.3) is 29.6 Å². The number of aromatic nitrogens is 5. The third-order valence-electron chi connectivity index (χ3n) is 29.5. The lowest BCUT2D eigenvalue weighted by molar-refractivity contribution is -0.0742. The molecule has 15 aromatic rings. The van der Waals surface area contributed by atoms with Gasteiger partial charge >= 0.3 is 0 Å². The molecule has 0 saturated heterocycles. The van der Waals surface area contributed by atoms with Crippen molar-refractivity contribution in [1.82, 2.24) is 49.4 Å². The van der Waals surface area contributed by atoms with Crippen molar-refractivity contribution in [3.05, 3.63) is 347 Å². The number of aromatic amines is 5. The lowest BCUT2D eigenvalue weighted by Gasteiger charge is -2.49. The predicted octanol–water partition coefficient (Wildman–Crippen LogP) is 33.7. The normalized spacial score (nSPS) is 19.8. The molecule has 0 radical (unpaired) electrons. The minimum atomic E-state index is -3.04. The number of fused-ring (bicyclic) bond motifs is 15. The summed E-state index contributed by atoms with van der Waals surface area (Å²) < 4.78 is 252. The van der Waals surface area contributed by atoms with Gasteiger partial charge in [0.1, 0.15) is 40.7 Å². The average Bonchev–Trinajstić information content (AvgIpc) is 1.27. The summed E-state index contributed by atoms with van der Waals surface area (Å²) >= 11 is 16.4. The van der Waals surface area contributed by atoms with Crippen LogP contribution in [0.2, 0.25) is 0 Å². The monoisotopic (exact) mass is 2330 g/mol. The number of alkyl halides is 10. The molecule has 5 aromatic heterocycles. The van der Waals surface area contributed by atoms with Gasteiger partial charge in [-0.1, -0.05) is 217 Å². The van der Waals surface area contributed by atoms with Crippen molar-refractivity contribution in [2.24, 2.45) is 0 Å². The highest BCUT2D eigenvalue weighted by Gasteiger charge is 2.53. The Morgan fingerprint density at radius 1 is 0.297 bits per heavy atom. The zero-order chi connectivity index (χ0) is 105. The van der Waals surface area contributed by atoms with Crippen LogP contribution >= 0.6 is 79.6 Å². The van der Waals surface area contributed by atoms with Crippen LogP contribution in [0.15, 0.2) is 223 Å². The van der Waals surface area contributed by atoms with Gasteiger partial charge in [0.05, 0.1) is 68.4 Å². The molecule has 10 heterocycles. The Morgan fingerprint density at radius 3 is 1.05 bits per heavy atom. The molecule has 10 nitrogen and oxygen atoms in total. The number of halogens is 22. The van der Waals surface area contributed by atoms with Crippen LogP contribution in [0.5, 0.6) is 0 Å². The van der Waals surface area contributed by atoms with Crippen LogP contribution < -0.4 is 0 Å². The Hall–Kier alpha value is -9.09. The number of H-pyrrole nitrogens is 5. The van der Waals surface area contributed by atoms with Gasteiger partial charge in [-0.2, -0.15) is 0 Å². The van der Waals surface area contributed by atoms with Crippen molar-refractivity contribution in [3.8, 4) is 0 Å². The lowest BCUT2D eigenvalue weighted by Crippen LogP contribution is -2.55. The molecule has 0 aliphatic carbocycles. The molecule has 7 atom stereocenters. The van der Waals surface area contributed by atoms with Crippen LogP contribution in [-0.2, 0) is 32.1 Å². The third kappa shape index (κ3) is 22.4. The molecular weight excluding hydrogens is 2220 g/mol. The molecule has 0 amide bonds. The van der Waals surface area contributed by atoms with Crippen molar-refractivity contribution in [2.45, 2.75) is 243 Å². The quantitative estimate of drug-likeness (QED) is 0.0490. The number of nitrogens with one attached hydrogen (secondary N) is 5. The molecule has 5 N–H and O–H groups in total. The van der Waals surface area contributed by atoms with E-state index in [0.29, 0.717) is 62.7 Å². The minimum Gasteiger partial charge on any atom is -0.357 e. The molecule has 0 bridgehead atoms. The topological polar surface area (TPSA) is 95.2 Å². The van der Waals surface area contributed by atoms with Gasteiger partial charge in [-0.05, 0) is 224 Å². The van der Waals surface area contributed by atoms with Crippen molar-refractivity contribution in [1.29, 1.82) is 0 Å². The second-order valence-corrected chi connectivity index (χ2v) is 45.3. The summed E-state index contributed by atoms with van der Waals surface area (Å²) in [6.07, 6.45) is 1.35. The van der Waals surface area contributed by atoms with Gasteiger partial charge in [0, 0.05) is 177 Å². The number of hydrogen-bond acceptors (Lipinski definition) is 5. The van der Waals surface area contributed by atoms with E-state index in [2.05, 4.69) is 131 Å². The summed E-state index contributed by atoms with van der Waals surface area (Å²) in [6, 6.07) is 54.5. The molecule has 5 aliphatic rings. The summed E-state index contributed by atoms with van der Waals surface area (Å²) in [4.78, 5) is 25.1. The van der Waals surface area contributed by atoms with Gasteiger partial charge in [-0.25, -0.2) is 74.6 Å². The maximum absolute atomic E-state index is 15.1. The summed E-state index contributed by atoms with van der Waals surface area (Å²) in [5.74, 6) is -18.8. The Kier molecular flexibility index (Phi) is 31.7. The average molecular weight is 2330 g/mol. The zero-order valence-corrected chi connectivity index (χ0v) is 90.2. The number of rotatable bonds is 20. The van der Waals surface area contributed by atoms with Gasteiger partial charge in [-0.3, -0.25) is 24.5 Å². The smallest absolute Gasteiger partial charge is 0.260 e. The standard InChI is InChI=1S/C23H23BrF4N2.C23H24BrF3N2.C23H25BrF2N2.C22H20BrF5N2.C22H22BrF3N2/c1-4-23(27,28)12-30-21(19-16(25)9-13(24)10-17(19)26)20-15(11-22(30,2)3)14-7-5-6-8-18(14)29-20;1-4-23(26,27)13-29-21(16-10-9-14(24)11-18(16)25)20-17(12-22(29,2)3)15-7-5-6-8-19(15)28-20;1-4-23(25,26)14-28-21(15-9-11-16(24)12-10-15)20-18(13-22(28,2)3)17-7-5-6-8-19(17)27-20;1-3-22(27,28)10-30-11(2)7-13-18-14(24)5-4-6-17(18)29-20(13)21(30)19-15(25)8-12(23)9-16(19)26;1-3-22(25,26)12-28-13(2)11-17-16-5-4-6-18(24)19(16)27-20(17)21(28)14-7-9-15(23)10-8-14/h5-10,21,29H,4,11-12H2,1-3H3;5-11,21,28H,4,12-13H2,1-3H3;5-12,21,27H,4,13-14H2,1-3H3;4-6,8-9,11,21,29H,3,7,10H2,1-2H3;4-10,13,21,27H,3,11-12H2,1-2H3. The Balaban J connectivity index is 0.000000130. The number of hydrogen-bond donors (Lipinski definition) is 5. The zero-order valence-electron chi connectivity index (χ0n) is 82.3. The highest BCUT2D eigenvalue weighted by Crippen LogP contribution is 2.54. The molecule has 145 heavy (non-hydrogen) atoms. The second-order valence-electron chi connectivity index (χ2n) is 40.7. The van der Waals surface area contributed by atoms with E-state index < -0.39 is 131 Å². The Bertz CT molecular complexity index is 7180. The molecule has 7 unspecified atom stereocenters. The van der Waals surface area contributed by atoms with E-state index in [1.165, 1.54) is 79.9 Å². The molecular formula is C113H114Br5F17N10. The molecule has 5 aliphatic heterocycles. The van der Waals surface area contributed by atoms with Crippen molar-refractivity contribution in [3.63, 3.8) is 0 Å². The fourth-order valence-electron chi connectivity index (χ4n) is 21.7. The molecule has 32 heteroatoms. The predicted molar refractivity (Wildman–Crippen MR) is 561 cm³/mol. The summed E-state index contributed by atoms with van der Waals surface area (Å²) in [6.45, 7) is 20.5. The maximum Gasteiger partial charge on any atom is 0.260 e. The van der Waals surface area contributed by atoms with Crippen LogP contribution in [0.4, 0.5) is 74.6 Å². The first-order valence-corrected chi connectivity index (χ1v) is 52.6. The van der Waals surface area contributed by atoms with E-state index in [1.54, 1.807) is 47.9 Å². The number of nitrogens with zero attached hydrogens (tertiary/aromatic N) is 5. The number of benzene rings is 10. The molecule has 10 aromatic carbocycles. The molecule has 0 fully saturated rings. The van der Waals surface area contributed by atoms with Crippen molar-refractivity contribution in [2.75, 3.05) is 32.7 Å². The van der Waals surface area contributed by atoms with E-state index in [1.807, 2.05) is 160 Å². The Labute approximate surface area is 874 Å². The lowest BCUT2D eigenvalue weighted by atomic mass is 9.81. The van der Waals surface area contributed by atoms with Gasteiger partial charge in [0.2, 0.25) is 0 Å². The minimum absolute atomic E-state index is 0.0964. The summed E-state index contributed by atoms with van der Waals surface area (Å²) in [5, 5.41) is 4.38. The molecule has 0 saturated carbocycles. The maximum atomic E-state index is 15.1. The molecule has 770 valence electrons. The Morgan fingerprint density at radius 2 is 0.614 bits per heavy atom. The highest BCUT2D eigenvalue weighted by atomic mass is 79.9. The fraction of sp³-hybridized carbons (Fsp3) is 0.381. The van der Waals surface area contributed by atoms with Crippen molar-refractivity contribution < 1.29 is 74.6 Å². The summed E-state index contributed by atoms with van der Waals surface area (Å²) in [7, 11) is 0. The first-order valence-electron chi connectivity index (χ1n) is 48.6. The number of para-hydroxylation sites is 4. The van der Waals surface area contributed by atoms with Crippen molar-refractivity contribution >= 4 is 134 Å². The van der Waals surface area contributed by atoms with E-state index >= 15 is 13.2 Å². The van der Waals surface area contributed by atoms with Crippen LogP contribution in [0, 0.1) is 40.7 Å². The van der Waals surface area contributed by atoms with Crippen LogP contribution in [-0.4, -0.2) is 140 Å². The molecule has 20 rings (SSSR count). The van der Waals surface area contributed by atoms with E-state index in [-0.39, 0.29) is 89.2 Å². The summed E-state index contributed by atoms with van der Waals surface area (Å²) in [5.41, 5.74) is 12.2. The first kappa shape index (κ1) is 109. The van der Waals surface area contributed by atoms with Gasteiger partial charge in [0.15, 0.2) is 0 Å². The first-order chi connectivity index (χ1) is 68.3.